The van der Waals surface area contributed by atoms with Crippen LogP contribution in [0.3, 0.4) is 0 Å². The van der Waals surface area contributed by atoms with Gasteiger partial charge in [0.2, 0.25) is 0 Å². The van der Waals surface area contributed by atoms with Gasteiger partial charge >= 0.3 is 130 Å². The van der Waals surface area contributed by atoms with Gasteiger partial charge in [0.25, 0.3) is 0 Å². The molecule has 0 aromatic carbocycles. The van der Waals surface area contributed by atoms with E-state index in [0.717, 1.165) is 0 Å². The fourth-order valence-corrected chi connectivity index (χ4v) is 0. The molecular weight excluding hydrogens is 1000 g/mol. The third kappa shape index (κ3) is 78.7. The average Bonchev–Trinajstić information content (AvgIpc) is 0.592. The van der Waals surface area contributed by atoms with Gasteiger partial charge < -0.3 is 0 Å². The fraction of sp³-hybridized carbons (Fsp3) is 0. The monoisotopic (exact) mass is 998 g/mol. The first-order chi connectivity index (χ1) is 2.45. The van der Waals surface area contributed by atoms with Crippen molar-refractivity contribution in [2.75, 3.05) is 0 Å². The SMILES string of the molecule is [Au+].[Au+].[Au+].[Cl][Au-3]([Cl])([Cl])([Cl])([Cl])[Cl]. The number of rotatable bonds is 0. The van der Waals surface area contributed by atoms with E-state index in [0.29, 0.717) is 0 Å². The van der Waals surface area contributed by atoms with Crippen molar-refractivity contribution in [1.82, 2.24) is 0 Å². The van der Waals surface area contributed by atoms with Gasteiger partial charge in [-0.05, 0) is 0 Å². The molecule has 0 bridgehead atoms. The summed E-state index contributed by atoms with van der Waals surface area (Å²) in [6, 6.07) is 0. The van der Waals surface area contributed by atoms with Crippen LogP contribution in [-0.4, -0.2) is 0 Å². The van der Waals surface area contributed by atoms with E-state index in [4.69, 9.17) is 55.1 Å². The minimum atomic E-state index is -5.24. The van der Waals surface area contributed by atoms with Crippen molar-refractivity contribution in [3.8, 4) is 0 Å². The maximum atomic E-state index is 5.05. The fourth-order valence-electron chi connectivity index (χ4n) is 0. The van der Waals surface area contributed by atoms with Gasteiger partial charge in [-0.3, -0.25) is 0 Å². The van der Waals surface area contributed by atoms with Crippen LogP contribution in [0.5, 0.6) is 0 Å². The Morgan fingerprint density at radius 2 is 0.500 bits per heavy atom. The molecule has 0 aliphatic heterocycles. The first kappa shape index (κ1) is 24.1. The van der Waals surface area contributed by atoms with Crippen LogP contribution in [0.1, 0.15) is 0 Å². The van der Waals surface area contributed by atoms with Crippen molar-refractivity contribution in [1.29, 1.82) is 0 Å². The van der Waals surface area contributed by atoms with Crippen LogP contribution in [0.2, 0.25) is 0 Å². The maximum absolute atomic E-state index is 5.24. The third-order valence-corrected chi connectivity index (χ3v) is 0. The molecule has 0 saturated carbocycles. The third-order valence-electron chi connectivity index (χ3n) is 0. The predicted molar refractivity (Wildman–Crippen MR) is 35.1 cm³/mol. The summed E-state index contributed by atoms with van der Waals surface area (Å²) < 4.78 is 0. The van der Waals surface area contributed by atoms with Crippen molar-refractivity contribution < 1.29 is 75.2 Å². The van der Waals surface area contributed by atoms with Crippen LogP contribution in [-0.2, 0) is 75.2 Å². The Labute approximate surface area is 127 Å². The van der Waals surface area contributed by atoms with E-state index in [1.807, 2.05) is 0 Å². The van der Waals surface area contributed by atoms with Crippen molar-refractivity contribution in [2.45, 2.75) is 0 Å². The van der Waals surface area contributed by atoms with Crippen molar-refractivity contribution in [2.24, 2.45) is 0 Å². The van der Waals surface area contributed by atoms with E-state index in [-0.39, 0.29) is 67.1 Å². The van der Waals surface area contributed by atoms with Crippen molar-refractivity contribution in [3.05, 3.63) is 0 Å². The van der Waals surface area contributed by atoms with Crippen LogP contribution in [0.25, 0.3) is 0 Å². The van der Waals surface area contributed by atoms with Gasteiger partial charge in [0.1, 0.15) is 0 Å². The Morgan fingerprint density at radius 1 is 0.500 bits per heavy atom. The van der Waals surface area contributed by atoms with E-state index in [1.165, 1.54) is 0 Å². The molecule has 0 amide bonds. The molecule has 0 unspecified atom stereocenters. The van der Waals surface area contributed by atoms with E-state index < -0.39 is 8.02 Å². The normalized spacial score (nSPS) is 16.2. The van der Waals surface area contributed by atoms with Gasteiger partial charge in [-0.2, -0.15) is 0 Å². The Balaban J connectivity index is -0.0000000600. The second kappa shape index (κ2) is 5.69. The number of halogens is 6. The van der Waals surface area contributed by atoms with Crippen LogP contribution in [0.15, 0.2) is 0 Å². The van der Waals surface area contributed by atoms with Gasteiger partial charge in [-0.1, -0.05) is 0 Å². The quantitative estimate of drug-likeness (QED) is 0.321. The molecular formula is Au4Cl6. The summed E-state index contributed by atoms with van der Waals surface area (Å²) in [7, 11) is 25.0. The molecule has 0 rings (SSSR count). The topological polar surface area (TPSA) is 0 Å². The standard InChI is InChI=1S/4Au.6ClH/h;;;;6*1H/q3*+1;+3;;;;;;/p-6. The van der Waals surface area contributed by atoms with Crippen LogP contribution >= 0.6 is 55.1 Å². The van der Waals surface area contributed by atoms with Crippen molar-refractivity contribution in [3.63, 3.8) is 0 Å². The molecule has 0 aromatic rings. The molecule has 0 saturated heterocycles. The number of hydrogen-bond donors (Lipinski definition) is 0. The molecule has 0 aromatic heterocycles. The molecule has 0 aliphatic rings. The summed E-state index contributed by atoms with van der Waals surface area (Å²) >= 11 is 0. The first-order valence-corrected chi connectivity index (χ1v) is 16.8. The zero-order chi connectivity index (χ0) is 6.41. The molecule has 0 radical (unpaired) electrons. The van der Waals surface area contributed by atoms with Crippen LogP contribution in [0.4, 0.5) is 0 Å². The zero-order valence-corrected chi connectivity index (χ0v) is 16.7. The van der Waals surface area contributed by atoms with Gasteiger partial charge in [-0.15, -0.1) is 0 Å². The summed E-state index contributed by atoms with van der Waals surface area (Å²) in [5.74, 6) is 0. The van der Waals surface area contributed by atoms with Crippen LogP contribution in [0, 0.1) is 0 Å². The van der Waals surface area contributed by atoms with E-state index in [2.05, 4.69) is 0 Å². The summed E-state index contributed by atoms with van der Waals surface area (Å²) in [6.07, 6.45) is 0. The zero-order valence-electron chi connectivity index (χ0n) is 3.47. The molecule has 86 valence electrons. The van der Waals surface area contributed by atoms with E-state index in [9.17, 15) is 0 Å². The van der Waals surface area contributed by atoms with Gasteiger partial charge in [0, 0.05) is 0 Å². The second-order valence-electron chi connectivity index (χ2n) is 0.646. The van der Waals surface area contributed by atoms with Crippen LogP contribution < -0.4 is 0 Å². The average molecular weight is 1000 g/mol. The summed E-state index contributed by atoms with van der Waals surface area (Å²) in [6.45, 7) is 0. The Hall–Kier alpha value is 4.70. The Morgan fingerprint density at radius 3 is 0.500 bits per heavy atom. The predicted octanol–water partition coefficient (Wildman–Crippen LogP) is 4.13. The number of hydrogen-bond acceptors (Lipinski definition) is 0. The van der Waals surface area contributed by atoms with Gasteiger partial charge in [-0.25, -0.2) is 0 Å². The first-order valence-electron chi connectivity index (χ1n) is 0.684. The molecule has 0 fully saturated rings. The molecule has 0 aliphatic carbocycles. The van der Waals surface area contributed by atoms with Gasteiger partial charge in [0.15, 0.2) is 0 Å². The second-order valence-corrected chi connectivity index (χ2v) is 47.6. The molecule has 0 heterocycles. The molecule has 0 spiro atoms. The molecule has 0 atom stereocenters. The van der Waals surface area contributed by atoms with E-state index in [1.54, 1.807) is 0 Å². The summed E-state index contributed by atoms with van der Waals surface area (Å²) in [5, 5.41) is 0. The molecule has 10 heteroatoms. The summed E-state index contributed by atoms with van der Waals surface area (Å²) in [5.41, 5.74) is 0. The molecule has 0 N–H and O–H groups in total. The van der Waals surface area contributed by atoms with E-state index >= 15 is 0 Å². The Bertz CT molecular complexity index is 68.3. The Kier molecular flexibility index (Phi) is 13.7. The van der Waals surface area contributed by atoms with Gasteiger partial charge in [0.05, 0.1) is 0 Å². The summed E-state index contributed by atoms with van der Waals surface area (Å²) in [4.78, 5) is 0. The molecule has 10 heavy (non-hydrogen) atoms. The molecule has 0 nitrogen and oxygen atoms in total. The van der Waals surface area contributed by atoms with Crippen molar-refractivity contribution >= 4 is 55.1 Å². The minimum absolute atomic E-state index is 0.